The van der Waals surface area contributed by atoms with E-state index in [4.69, 9.17) is 10.5 Å². The Labute approximate surface area is 180 Å². The van der Waals surface area contributed by atoms with Crippen LogP contribution in [0.25, 0.3) is 0 Å². The molecule has 0 spiro atoms. The van der Waals surface area contributed by atoms with E-state index in [0.717, 1.165) is 6.33 Å². The molecule has 32 heavy (non-hydrogen) atoms. The predicted octanol–water partition coefficient (Wildman–Crippen LogP) is -0.0710. The van der Waals surface area contributed by atoms with Crippen LogP contribution in [0.5, 0.6) is 11.6 Å². The normalized spacial score (nSPS) is 15.2. The van der Waals surface area contributed by atoms with Crippen LogP contribution in [-0.2, 0) is 14.3 Å². The Hall–Kier alpha value is -4.36. The molecule has 1 unspecified atom stereocenters. The minimum absolute atomic E-state index is 0.0119. The first kappa shape index (κ1) is 22.3. The molecule has 3 heterocycles. The Morgan fingerprint density at radius 2 is 2.12 bits per heavy atom. The number of nitrogens with one attached hydrogen (secondary N) is 1. The quantitative estimate of drug-likeness (QED) is 0.314. The molecule has 3 N–H and O–H groups in total. The molecule has 2 amide bonds. The van der Waals surface area contributed by atoms with Crippen LogP contribution in [-0.4, -0.2) is 63.9 Å². The molecule has 0 radical (unpaired) electrons. The second kappa shape index (κ2) is 9.63. The van der Waals surface area contributed by atoms with Crippen LogP contribution < -0.4 is 20.7 Å². The van der Waals surface area contributed by atoms with Gasteiger partial charge in [-0.25, -0.2) is 9.78 Å². The maximum Gasteiger partial charge on any atom is 0.373 e. The molecule has 2 aromatic heterocycles. The van der Waals surface area contributed by atoms with Crippen molar-refractivity contribution in [3.8, 4) is 11.6 Å². The highest BCUT2D eigenvalue weighted by Gasteiger charge is 2.38. The van der Waals surface area contributed by atoms with E-state index in [1.807, 2.05) is 0 Å². The number of amides is 2. The van der Waals surface area contributed by atoms with E-state index < -0.39 is 40.3 Å². The number of carbonyl (C=O) groups excluding carboxylic acids is 3. The molecule has 1 aliphatic heterocycles. The van der Waals surface area contributed by atoms with Crippen molar-refractivity contribution in [3.05, 3.63) is 40.5 Å². The summed E-state index contributed by atoms with van der Waals surface area (Å²) in [6.07, 6.45) is 4.52. The molecule has 1 fully saturated rings. The highest BCUT2D eigenvalue weighted by Crippen LogP contribution is 2.38. The third kappa shape index (κ3) is 4.85. The number of nitrogens with zero attached hydrogens (tertiary/aromatic N) is 5. The van der Waals surface area contributed by atoms with Crippen LogP contribution in [0, 0.1) is 10.1 Å². The minimum Gasteiger partial charge on any atom is -0.465 e. The Balaban J connectivity index is 1.93. The van der Waals surface area contributed by atoms with Crippen LogP contribution in [0.3, 0.4) is 0 Å². The number of primary amides is 1. The van der Waals surface area contributed by atoms with Gasteiger partial charge in [-0.3, -0.25) is 24.7 Å². The lowest BCUT2D eigenvalue weighted by molar-refractivity contribution is -0.385. The summed E-state index contributed by atoms with van der Waals surface area (Å²) in [6.45, 7) is -0.0434. The van der Waals surface area contributed by atoms with Crippen LogP contribution in [0.15, 0.2) is 24.8 Å². The van der Waals surface area contributed by atoms with Gasteiger partial charge in [0.15, 0.2) is 0 Å². The third-order valence-corrected chi connectivity index (χ3v) is 4.57. The lowest BCUT2D eigenvalue weighted by Crippen LogP contribution is -2.46. The zero-order valence-electron chi connectivity index (χ0n) is 16.9. The van der Waals surface area contributed by atoms with E-state index in [-0.39, 0.29) is 23.7 Å². The number of nitro groups is 1. The number of nitrogens with two attached hydrogens (primary N) is 1. The fourth-order valence-electron chi connectivity index (χ4n) is 3.20. The lowest BCUT2D eigenvalue weighted by atomic mass is 10.2. The highest BCUT2D eigenvalue weighted by molar-refractivity contribution is 5.90. The van der Waals surface area contributed by atoms with Crippen molar-refractivity contribution >= 4 is 29.3 Å². The Bertz CT molecular complexity index is 1060. The van der Waals surface area contributed by atoms with Gasteiger partial charge >= 0.3 is 17.5 Å². The second-order valence-electron chi connectivity index (χ2n) is 6.65. The standard InChI is InChI=1S/C18H19N7O7/c1-31-18(28)10-5-11(7-20-6-10)32-17-14(25(29)30)15(22-9-23-17)24-4-2-3-12(24)16(27)21-8-13(19)26/h5-7,9,12H,2-4,8H2,1H3,(H2,19,26)(H,21,27). The molecule has 0 bridgehead atoms. The van der Waals surface area contributed by atoms with Crippen molar-refractivity contribution in [2.75, 3.05) is 25.1 Å². The first-order chi connectivity index (χ1) is 15.3. The Morgan fingerprint density at radius 1 is 1.34 bits per heavy atom. The van der Waals surface area contributed by atoms with Crippen molar-refractivity contribution in [2.24, 2.45) is 5.73 Å². The summed E-state index contributed by atoms with van der Waals surface area (Å²) >= 11 is 0. The number of anilines is 1. The molecule has 0 aromatic carbocycles. The fourth-order valence-corrected chi connectivity index (χ4v) is 3.20. The number of rotatable bonds is 8. The smallest absolute Gasteiger partial charge is 0.373 e. The molecule has 2 aromatic rings. The van der Waals surface area contributed by atoms with E-state index in [2.05, 4.69) is 25.0 Å². The van der Waals surface area contributed by atoms with Gasteiger partial charge in [-0.15, -0.1) is 0 Å². The fraction of sp³-hybridized carbons (Fsp3) is 0.333. The Kier molecular flexibility index (Phi) is 6.72. The summed E-state index contributed by atoms with van der Waals surface area (Å²) in [5.41, 5.74) is 4.56. The van der Waals surface area contributed by atoms with Gasteiger partial charge in [0.2, 0.25) is 17.6 Å². The van der Waals surface area contributed by atoms with Gasteiger partial charge in [0, 0.05) is 12.7 Å². The van der Waals surface area contributed by atoms with Crippen LogP contribution in [0.4, 0.5) is 11.5 Å². The zero-order valence-corrected chi connectivity index (χ0v) is 16.9. The molecule has 14 heteroatoms. The van der Waals surface area contributed by atoms with Gasteiger partial charge < -0.3 is 25.4 Å². The molecule has 0 saturated carbocycles. The number of ether oxygens (including phenoxy) is 2. The monoisotopic (exact) mass is 445 g/mol. The zero-order chi connectivity index (χ0) is 23.3. The van der Waals surface area contributed by atoms with E-state index in [0.29, 0.717) is 19.4 Å². The summed E-state index contributed by atoms with van der Waals surface area (Å²) in [7, 11) is 1.20. The van der Waals surface area contributed by atoms with Crippen molar-refractivity contribution in [3.63, 3.8) is 0 Å². The maximum absolute atomic E-state index is 12.5. The predicted molar refractivity (Wildman–Crippen MR) is 107 cm³/mol. The molecule has 0 aliphatic carbocycles. The van der Waals surface area contributed by atoms with Gasteiger partial charge in [-0.2, -0.15) is 4.98 Å². The molecule has 14 nitrogen and oxygen atoms in total. The van der Waals surface area contributed by atoms with E-state index in [1.165, 1.54) is 30.5 Å². The largest absolute Gasteiger partial charge is 0.465 e. The second-order valence-corrected chi connectivity index (χ2v) is 6.65. The number of hydrogen-bond acceptors (Lipinski definition) is 11. The van der Waals surface area contributed by atoms with Crippen molar-refractivity contribution in [1.82, 2.24) is 20.3 Å². The molecule has 1 aliphatic rings. The highest BCUT2D eigenvalue weighted by atomic mass is 16.6. The van der Waals surface area contributed by atoms with Gasteiger partial charge in [-0.05, 0) is 18.9 Å². The van der Waals surface area contributed by atoms with E-state index in [1.54, 1.807) is 0 Å². The molecule has 3 rings (SSSR count). The number of pyridine rings is 1. The van der Waals surface area contributed by atoms with Crippen LogP contribution in [0.1, 0.15) is 23.2 Å². The van der Waals surface area contributed by atoms with Gasteiger partial charge in [-0.1, -0.05) is 0 Å². The molecule has 1 atom stereocenters. The number of hydrogen-bond donors (Lipinski definition) is 2. The van der Waals surface area contributed by atoms with Crippen LogP contribution >= 0.6 is 0 Å². The van der Waals surface area contributed by atoms with E-state index in [9.17, 15) is 24.5 Å². The first-order valence-electron chi connectivity index (χ1n) is 9.35. The minimum atomic E-state index is -0.792. The molecule has 168 valence electrons. The van der Waals surface area contributed by atoms with E-state index >= 15 is 0 Å². The topological polar surface area (TPSA) is 193 Å². The SMILES string of the molecule is COC(=O)c1cncc(Oc2ncnc(N3CCCC3C(=O)NCC(N)=O)c2[N+](=O)[O-])c1. The molecular weight excluding hydrogens is 426 g/mol. The average Bonchev–Trinajstić information content (AvgIpc) is 3.26. The van der Waals surface area contributed by atoms with Crippen molar-refractivity contribution in [1.29, 1.82) is 0 Å². The average molecular weight is 445 g/mol. The number of esters is 1. The number of methoxy groups -OCH3 is 1. The van der Waals surface area contributed by atoms with Crippen molar-refractivity contribution in [2.45, 2.75) is 18.9 Å². The summed E-state index contributed by atoms with van der Waals surface area (Å²) in [5, 5.41) is 14.3. The summed E-state index contributed by atoms with van der Waals surface area (Å²) in [5.74, 6) is -2.39. The van der Waals surface area contributed by atoms with Gasteiger partial charge in [0.05, 0.1) is 30.3 Å². The summed E-state index contributed by atoms with van der Waals surface area (Å²) in [4.78, 5) is 59.4. The molecule has 1 saturated heterocycles. The van der Waals surface area contributed by atoms with Crippen molar-refractivity contribution < 1.29 is 28.8 Å². The number of aromatic nitrogens is 3. The van der Waals surface area contributed by atoms with Gasteiger partial charge in [0.25, 0.3) is 0 Å². The van der Waals surface area contributed by atoms with Gasteiger partial charge in [0.1, 0.15) is 18.1 Å². The summed E-state index contributed by atoms with van der Waals surface area (Å²) in [6, 6.07) is 0.500. The molecular formula is C18H19N7O7. The Morgan fingerprint density at radius 3 is 2.81 bits per heavy atom. The summed E-state index contributed by atoms with van der Waals surface area (Å²) < 4.78 is 10.1. The lowest BCUT2D eigenvalue weighted by Gasteiger charge is -2.24. The number of carbonyl (C=O) groups is 3. The van der Waals surface area contributed by atoms with Crippen LogP contribution in [0.2, 0.25) is 0 Å². The maximum atomic E-state index is 12.5. The first-order valence-corrected chi connectivity index (χ1v) is 9.35. The third-order valence-electron chi connectivity index (χ3n) is 4.57.